The fraction of sp³-hybridized carbons (Fsp3) is 0.353. The molecule has 4 nitrogen and oxygen atoms in total. The molecule has 0 saturated heterocycles. The van der Waals surface area contributed by atoms with Gasteiger partial charge in [-0.15, -0.1) is 0 Å². The first kappa shape index (κ1) is 13.9. The summed E-state index contributed by atoms with van der Waals surface area (Å²) in [4.78, 5) is 14.5. The highest BCUT2D eigenvalue weighted by Gasteiger charge is 2.33. The largest absolute Gasteiger partial charge is 0.395 e. The van der Waals surface area contributed by atoms with Gasteiger partial charge in [0.15, 0.2) is 0 Å². The zero-order valence-corrected chi connectivity index (χ0v) is 12.0. The number of carbonyl (C=O) groups excluding carboxylic acids is 1. The van der Waals surface area contributed by atoms with E-state index < -0.39 is 0 Å². The van der Waals surface area contributed by atoms with Crippen molar-refractivity contribution in [2.45, 2.75) is 25.4 Å². The van der Waals surface area contributed by atoms with Crippen molar-refractivity contribution in [2.24, 2.45) is 0 Å². The lowest BCUT2D eigenvalue weighted by Gasteiger charge is -2.22. The van der Waals surface area contributed by atoms with Crippen LogP contribution in [0.3, 0.4) is 0 Å². The minimum atomic E-state index is 0.0155. The average molecular weight is 284 g/mol. The van der Waals surface area contributed by atoms with Crippen molar-refractivity contribution >= 4 is 5.91 Å². The number of nitrogens with zero attached hydrogens (tertiary/aromatic N) is 2. The maximum atomic E-state index is 12.7. The maximum Gasteiger partial charge on any atom is 0.270 e. The van der Waals surface area contributed by atoms with Crippen LogP contribution in [0.15, 0.2) is 48.7 Å². The number of benzene rings is 1. The number of hydrogen-bond donors (Lipinski definition) is 1. The van der Waals surface area contributed by atoms with Crippen LogP contribution in [0.25, 0.3) is 0 Å². The van der Waals surface area contributed by atoms with Crippen LogP contribution in [0.2, 0.25) is 0 Å². The summed E-state index contributed by atoms with van der Waals surface area (Å²) in [5.41, 5.74) is 1.86. The van der Waals surface area contributed by atoms with E-state index in [4.69, 9.17) is 5.11 Å². The fourth-order valence-electron chi connectivity index (χ4n) is 2.62. The maximum absolute atomic E-state index is 12.7. The van der Waals surface area contributed by atoms with Crippen molar-refractivity contribution in [3.8, 4) is 0 Å². The quantitative estimate of drug-likeness (QED) is 0.883. The second-order valence-corrected chi connectivity index (χ2v) is 5.46. The number of rotatable bonds is 6. The van der Waals surface area contributed by atoms with Crippen LogP contribution in [0.5, 0.6) is 0 Å². The predicted molar refractivity (Wildman–Crippen MR) is 81.1 cm³/mol. The molecule has 1 saturated carbocycles. The predicted octanol–water partition coefficient (Wildman–Crippen LogP) is 2.13. The average Bonchev–Trinajstić information content (AvgIpc) is 3.25. The molecule has 1 aromatic carbocycles. The third kappa shape index (κ3) is 3.16. The number of aliphatic hydroxyl groups is 1. The zero-order valence-electron chi connectivity index (χ0n) is 12.0. The zero-order chi connectivity index (χ0) is 14.7. The van der Waals surface area contributed by atoms with Gasteiger partial charge in [0.05, 0.1) is 6.61 Å². The first-order valence-corrected chi connectivity index (χ1v) is 7.40. The summed E-state index contributed by atoms with van der Waals surface area (Å²) in [6.07, 6.45) is 4.03. The van der Waals surface area contributed by atoms with Crippen LogP contribution in [-0.2, 0) is 6.54 Å². The van der Waals surface area contributed by atoms with Crippen LogP contribution < -0.4 is 0 Å². The monoisotopic (exact) mass is 284 g/mol. The van der Waals surface area contributed by atoms with Gasteiger partial charge in [-0.3, -0.25) is 4.79 Å². The lowest BCUT2D eigenvalue weighted by molar-refractivity contribution is 0.0697. The van der Waals surface area contributed by atoms with E-state index in [9.17, 15) is 4.79 Å². The molecule has 0 radical (unpaired) electrons. The smallest absolute Gasteiger partial charge is 0.270 e. The van der Waals surface area contributed by atoms with Crippen LogP contribution in [0.4, 0.5) is 0 Å². The first-order valence-electron chi connectivity index (χ1n) is 7.40. The molecule has 1 fully saturated rings. The lowest BCUT2D eigenvalue weighted by Crippen LogP contribution is -2.36. The highest BCUT2D eigenvalue weighted by molar-refractivity contribution is 5.93. The van der Waals surface area contributed by atoms with Crippen LogP contribution in [0, 0.1) is 0 Å². The number of aromatic nitrogens is 1. The Bertz CT molecular complexity index is 602. The highest BCUT2D eigenvalue weighted by atomic mass is 16.3. The van der Waals surface area contributed by atoms with Gasteiger partial charge >= 0.3 is 0 Å². The SMILES string of the molecule is O=C(c1cccn1Cc1ccccc1)N(CCO)C1CC1. The van der Waals surface area contributed by atoms with Crippen molar-refractivity contribution in [2.75, 3.05) is 13.2 Å². The molecule has 0 bridgehead atoms. The molecule has 1 aliphatic rings. The van der Waals surface area contributed by atoms with E-state index >= 15 is 0 Å². The van der Waals surface area contributed by atoms with Gasteiger partial charge in [0.25, 0.3) is 5.91 Å². The van der Waals surface area contributed by atoms with Gasteiger partial charge in [-0.1, -0.05) is 30.3 Å². The molecule has 1 aliphatic carbocycles. The van der Waals surface area contributed by atoms with Crippen molar-refractivity contribution in [1.29, 1.82) is 0 Å². The molecule has 1 aromatic heterocycles. The van der Waals surface area contributed by atoms with E-state index in [2.05, 4.69) is 12.1 Å². The van der Waals surface area contributed by atoms with Gasteiger partial charge in [0.2, 0.25) is 0 Å². The molecule has 4 heteroatoms. The van der Waals surface area contributed by atoms with Gasteiger partial charge in [0, 0.05) is 25.3 Å². The van der Waals surface area contributed by atoms with E-state index in [1.165, 1.54) is 5.56 Å². The van der Waals surface area contributed by atoms with Gasteiger partial charge in [-0.25, -0.2) is 0 Å². The molecule has 1 heterocycles. The van der Waals surface area contributed by atoms with Crippen molar-refractivity contribution in [3.05, 3.63) is 59.9 Å². The molecule has 0 atom stereocenters. The lowest BCUT2D eigenvalue weighted by atomic mass is 10.2. The molecular formula is C17H20N2O2. The Kier molecular flexibility index (Phi) is 4.06. The summed E-state index contributed by atoms with van der Waals surface area (Å²) in [6.45, 7) is 1.12. The number of aliphatic hydroxyl groups excluding tert-OH is 1. The molecule has 1 N–H and O–H groups in total. The molecule has 2 aromatic rings. The van der Waals surface area contributed by atoms with Crippen molar-refractivity contribution < 1.29 is 9.90 Å². The summed E-state index contributed by atoms with van der Waals surface area (Å²) < 4.78 is 1.98. The van der Waals surface area contributed by atoms with Crippen LogP contribution in [0.1, 0.15) is 28.9 Å². The van der Waals surface area contributed by atoms with E-state index in [1.807, 2.05) is 41.1 Å². The molecule has 21 heavy (non-hydrogen) atoms. The molecule has 110 valence electrons. The molecule has 3 rings (SSSR count). The van der Waals surface area contributed by atoms with E-state index in [0.717, 1.165) is 12.8 Å². The Labute approximate surface area is 124 Å². The summed E-state index contributed by atoms with van der Waals surface area (Å²) in [6, 6.07) is 14.2. The number of hydrogen-bond acceptors (Lipinski definition) is 2. The van der Waals surface area contributed by atoms with E-state index in [1.54, 1.807) is 4.90 Å². The van der Waals surface area contributed by atoms with Gasteiger partial charge in [-0.2, -0.15) is 0 Å². The fourth-order valence-corrected chi connectivity index (χ4v) is 2.62. The second kappa shape index (κ2) is 6.14. The Balaban J connectivity index is 1.79. The Morgan fingerprint density at radius 3 is 2.62 bits per heavy atom. The minimum absolute atomic E-state index is 0.0155. The third-order valence-corrected chi connectivity index (χ3v) is 3.83. The Morgan fingerprint density at radius 2 is 1.95 bits per heavy atom. The number of amides is 1. The second-order valence-electron chi connectivity index (χ2n) is 5.46. The molecular weight excluding hydrogens is 264 g/mol. The molecule has 1 amide bonds. The minimum Gasteiger partial charge on any atom is -0.395 e. The topological polar surface area (TPSA) is 45.5 Å². The highest BCUT2D eigenvalue weighted by Crippen LogP contribution is 2.28. The first-order chi connectivity index (χ1) is 10.3. The molecule has 0 aliphatic heterocycles. The van der Waals surface area contributed by atoms with Crippen molar-refractivity contribution in [1.82, 2.24) is 9.47 Å². The normalized spacial score (nSPS) is 14.1. The van der Waals surface area contributed by atoms with E-state index in [-0.39, 0.29) is 12.5 Å². The van der Waals surface area contributed by atoms with Crippen molar-refractivity contribution in [3.63, 3.8) is 0 Å². The van der Waals surface area contributed by atoms with Gasteiger partial charge in [0.1, 0.15) is 5.69 Å². The Hall–Kier alpha value is -2.07. The Morgan fingerprint density at radius 1 is 1.19 bits per heavy atom. The van der Waals surface area contributed by atoms with E-state index in [0.29, 0.717) is 24.8 Å². The van der Waals surface area contributed by atoms with Gasteiger partial charge in [-0.05, 0) is 30.5 Å². The van der Waals surface area contributed by atoms with Crippen LogP contribution >= 0.6 is 0 Å². The van der Waals surface area contributed by atoms with Gasteiger partial charge < -0.3 is 14.6 Å². The molecule has 0 spiro atoms. The summed E-state index contributed by atoms with van der Waals surface area (Å²) >= 11 is 0. The number of carbonyl (C=O) groups is 1. The molecule has 0 unspecified atom stereocenters. The summed E-state index contributed by atoms with van der Waals surface area (Å²) in [5, 5.41) is 9.16. The summed E-state index contributed by atoms with van der Waals surface area (Å²) in [5.74, 6) is 0.0208. The summed E-state index contributed by atoms with van der Waals surface area (Å²) in [7, 11) is 0. The van der Waals surface area contributed by atoms with Crippen LogP contribution in [-0.4, -0.2) is 39.7 Å². The third-order valence-electron chi connectivity index (χ3n) is 3.83. The standard InChI is InChI=1S/C17H20N2O2/c20-12-11-19(15-8-9-15)17(21)16-7-4-10-18(16)13-14-5-2-1-3-6-14/h1-7,10,15,20H,8-9,11-13H2.